The Labute approximate surface area is 128 Å². The molecule has 0 saturated carbocycles. The Morgan fingerprint density at radius 1 is 1.32 bits per heavy atom. The lowest BCUT2D eigenvalue weighted by molar-refractivity contribution is 0.0520. The van der Waals surface area contributed by atoms with Crippen molar-refractivity contribution in [2.75, 3.05) is 26.9 Å². The van der Waals surface area contributed by atoms with Crippen molar-refractivity contribution in [3.63, 3.8) is 0 Å². The Morgan fingerprint density at radius 2 is 2.00 bits per heavy atom. The van der Waals surface area contributed by atoms with Crippen molar-refractivity contribution < 1.29 is 29.3 Å². The fourth-order valence-electron chi connectivity index (χ4n) is 2.49. The number of likely N-dealkylation sites (N-methyl/N-ethyl adjacent to an activating group) is 1. The summed E-state index contributed by atoms with van der Waals surface area (Å²) in [6.45, 7) is 2.62. The van der Waals surface area contributed by atoms with Crippen LogP contribution < -0.4 is 4.74 Å². The third kappa shape index (κ3) is 3.20. The molecule has 7 heteroatoms. The van der Waals surface area contributed by atoms with Gasteiger partial charge in [-0.2, -0.15) is 0 Å². The lowest BCUT2D eigenvalue weighted by Gasteiger charge is -2.29. The van der Waals surface area contributed by atoms with E-state index in [0.717, 1.165) is 0 Å². The van der Waals surface area contributed by atoms with Crippen LogP contribution in [-0.4, -0.2) is 66.0 Å². The minimum absolute atomic E-state index is 0.0260. The van der Waals surface area contributed by atoms with Crippen LogP contribution in [0, 0.1) is 0 Å². The number of rotatable bonds is 5. The second-order valence-corrected chi connectivity index (χ2v) is 5.02. The number of carboxylic acid groups (broad SMARTS) is 1. The standard InChI is InChI=1S/C15H19NO6/c1-3-16(12-7-22-8-13(12)17)14(18)9-4-10(15(19)20)6-11(5-9)21-2/h4-6,12-13,17H,3,7-8H2,1-2H3,(H,19,20)/t12-,13-/m0/s1. The van der Waals surface area contributed by atoms with Gasteiger partial charge in [0.2, 0.25) is 0 Å². The molecule has 1 fully saturated rings. The third-order valence-corrected chi connectivity index (χ3v) is 3.66. The highest BCUT2D eigenvalue weighted by Gasteiger charge is 2.34. The lowest BCUT2D eigenvalue weighted by Crippen LogP contribution is -2.46. The molecule has 0 bridgehead atoms. The van der Waals surface area contributed by atoms with Crippen LogP contribution in [0.5, 0.6) is 5.75 Å². The van der Waals surface area contributed by atoms with Crippen molar-refractivity contribution >= 4 is 11.9 Å². The molecule has 1 saturated heterocycles. The van der Waals surface area contributed by atoms with Gasteiger partial charge >= 0.3 is 5.97 Å². The van der Waals surface area contributed by atoms with Gasteiger partial charge in [-0.15, -0.1) is 0 Å². The molecule has 0 radical (unpaired) electrons. The van der Waals surface area contributed by atoms with E-state index in [1.165, 1.54) is 30.2 Å². The molecule has 7 nitrogen and oxygen atoms in total. The minimum atomic E-state index is -1.14. The van der Waals surface area contributed by atoms with E-state index < -0.39 is 18.1 Å². The molecule has 0 aromatic heterocycles. The first-order valence-corrected chi connectivity index (χ1v) is 6.97. The van der Waals surface area contributed by atoms with Crippen molar-refractivity contribution in [2.45, 2.75) is 19.1 Å². The summed E-state index contributed by atoms with van der Waals surface area (Å²) in [5.41, 5.74) is 0.180. The monoisotopic (exact) mass is 309 g/mol. The minimum Gasteiger partial charge on any atom is -0.497 e. The molecule has 1 aliphatic rings. The van der Waals surface area contributed by atoms with Crippen LogP contribution in [0.2, 0.25) is 0 Å². The summed E-state index contributed by atoms with van der Waals surface area (Å²) in [6, 6.07) is 3.71. The average Bonchev–Trinajstić information content (AvgIpc) is 2.93. The number of aliphatic hydroxyl groups is 1. The van der Waals surface area contributed by atoms with Crippen LogP contribution in [0.15, 0.2) is 18.2 Å². The van der Waals surface area contributed by atoms with Gasteiger partial charge in [-0.3, -0.25) is 4.79 Å². The SMILES string of the molecule is CCN(C(=O)c1cc(OC)cc(C(=O)O)c1)[C@H]1COC[C@@H]1O. The number of benzene rings is 1. The number of methoxy groups -OCH3 is 1. The van der Waals surface area contributed by atoms with Gasteiger partial charge in [0.1, 0.15) is 5.75 Å². The zero-order valence-electron chi connectivity index (χ0n) is 12.5. The summed E-state index contributed by atoms with van der Waals surface area (Å²) < 4.78 is 10.2. The zero-order valence-corrected chi connectivity index (χ0v) is 12.5. The van der Waals surface area contributed by atoms with Gasteiger partial charge in [0, 0.05) is 12.1 Å². The molecule has 22 heavy (non-hydrogen) atoms. The van der Waals surface area contributed by atoms with E-state index in [2.05, 4.69) is 0 Å². The number of carboxylic acids is 1. The van der Waals surface area contributed by atoms with Crippen molar-refractivity contribution in [1.29, 1.82) is 0 Å². The zero-order chi connectivity index (χ0) is 16.3. The molecular formula is C15H19NO6. The first-order valence-electron chi connectivity index (χ1n) is 6.97. The van der Waals surface area contributed by atoms with Gasteiger partial charge in [-0.05, 0) is 25.1 Å². The normalized spacial score (nSPS) is 20.7. The number of aromatic carboxylic acids is 1. The fourth-order valence-corrected chi connectivity index (χ4v) is 2.49. The molecule has 1 aliphatic heterocycles. The highest BCUT2D eigenvalue weighted by molar-refractivity contribution is 5.98. The Kier molecular flexibility index (Phi) is 4.99. The molecule has 1 aromatic carbocycles. The molecule has 2 N–H and O–H groups in total. The topological polar surface area (TPSA) is 96.3 Å². The van der Waals surface area contributed by atoms with Gasteiger partial charge in [-0.25, -0.2) is 4.79 Å². The van der Waals surface area contributed by atoms with Crippen LogP contribution in [0.1, 0.15) is 27.6 Å². The Balaban J connectivity index is 2.34. The molecule has 2 rings (SSSR count). The largest absolute Gasteiger partial charge is 0.497 e. The quantitative estimate of drug-likeness (QED) is 0.827. The summed E-state index contributed by atoms with van der Waals surface area (Å²) in [5.74, 6) is -1.21. The van der Waals surface area contributed by atoms with Gasteiger partial charge in [-0.1, -0.05) is 0 Å². The smallest absolute Gasteiger partial charge is 0.335 e. The average molecular weight is 309 g/mol. The Bertz CT molecular complexity index is 573. The molecular weight excluding hydrogens is 290 g/mol. The third-order valence-electron chi connectivity index (χ3n) is 3.66. The van der Waals surface area contributed by atoms with E-state index in [1.807, 2.05) is 0 Å². The van der Waals surface area contributed by atoms with Crippen molar-refractivity contribution in [1.82, 2.24) is 4.90 Å². The second-order valence-electron chi connectivity index (χ2n) is 5.02. The maximum absolute atomic E-state index is 12.7. The van der Waals surface area contributed by atoms with E-state index in [1.54, 1.807) is 6.92 Å². The van der Waals surface area contributed by atoms with Crippen LogP contribution in [-0.2, 0) is 4.74 Å². The van der Waals surface area contributed by atoms with Crippen molar-refractivity contribution in [3.8, 4) is 5.75 Å². The highest BCUT2D eigenvalue weighted by Crippen LogP contribution is 2.21. The summed E-state index contributed by atoms with van der Waals surface area (Å²) in [5, 5.41) is 19.0. The van der Waals surface area contributed by atoms with E-state index in [4.69, 9.17) is 14.6 Å². The highest BCUT2D eigenvalue weighted by atomic mass is 16.5. The number of hydrogen-bond donors (Lipinski definition) is 2. The lowest BCUT2D eigenvalue weighted by atomic mass is 10.1. The Hall–Kier alpha value is -2.12. The van der Waals surface area contributed by atoms with Crippen LogP contribution >= 0.6 is 0 Å². The van der Waals surface area contributed by atoms with Gasteiger partial charge in [0.25, 0.3) is 5.91 Å². The number of carbonyl (C=O) groups is 2. The maximum Gasteiger partial charge on any atom is 0.335 e. The number of aliphatic hydroxyl groups excluding tert-OH is 1. The van der Waals surface area contributed by atoms with Crippen molar-refractivity contribution in [2.24, 2.45) is 0 Å². The summed E-state index contributed by atoms with van der Waals surface area (Å²) in [4.78, 5) is 25.3. The molecule has 1 heterocycles. The van der Waals surface area contributed by atoms with Crippen LogP contribution in [0.25, 0.3) is 0 Å². The fraction of sp³-hybridized carbons (Fsp3) is 0.467. The molecule has 0 unspecified atom stereocenters. The maximum atomic E-state index is 12.7. The number of carbonyl (C=O) groups excluding carboxylic acids is 1. The van der Waals surface area contributed by atoms with Gasteiger partial charge in [0.15, 0.2) is 0 Å². The number of ether oxygens (including phenoxy) is 2. The molecule has 0 spiro atoms. The summed E-state index contributed by atoms with van der Waals surface area (Å²) in [7, 11) is 1.40. The predicted octanol–water partition coefficient (Wildman–Crippen LogP) is 0.615. The molecule has 120 valence electrons. The number of hydrogen-bond acceptors (Lipinski definition) is 5. The van der Waals surface area contributed by atoms with E-state index in [-0.39, 0.29) is 30.2 Å². The predicted molar refractivity (Wildman–Crippen MR) is 77.3 cm³/mol. The number of amides is 1. The molecule has 1 aromatic rings. The van der Waals surface area contributed by atoms with Gasteiger partial charge in [0.05, 0.1) is 38.0 Å². The van der Waals surface area contributed by atoms with E-state index in [0.29, 0.717) is 12.3 Å². The molecule has 2 atom stereocenters. The molecule has 0 aliphatic carbocycles. The van der Waals surface area contributed by atoms with E-state index in [9.17, 15) is 14.7 Å². The second kappa shape index (κ2) is 6.76. The van der Waals surface area contributed by atoms with Crippen LogP contribution in [0.3, 0.4) is 0 Å². The first kappa shape index (κ1) is 16.3. The number of nitrogens with zero attached hydrogens (tertiary/aromatic N) is 1. The Morgan fingerprint density at radius 3 is 2.50 bits per heavy atom. The summed E-state index contributed by atoms with van der Waals surface area (Å²) >= 11 is 0. The van der Waals surface area contributed by atoms with Gasteiger partial charge < -0.3 is 24.6 Å². The van der Waals surface area contributed by atoms with Crippen LogP contribution in [0.4, 0.5) is 0 Å². The van der Waals surface area contributed by atoms with Crippen molar-refractivity contribution in [3.05, 3.63) is 29.3 Å². The summed E-state index contributed by atoms with van der Waals surface area (Å²) in [6.07, 6.45) is -0.742. The first-order chi connectivity index (χ1) is 10.5. The molecule has 1 amide bonds. The van der Waals surface area contributed by atoms with E-state index >= 15 is 0 Å².